The lowest BCUT2D eigenvalue weighted by Gasteiger charge is -2.32. The predicted octanol–water partition coefficient (Wildman–Crippen LogP) is 24.6. The largest absolute Gasteiger partial charge is 0.310 e. The minimum atomic E-state index is -0.570. The van der Waals surface area contributed by atoms with Gasteiger partial charge in [0.2, 0.25) is 0 Å². The molecule has 6 aliphatic rings. The summed E-state index contributed by atoms with van der Waals surface area (Å²) in [6.45, 7) is 0. The van der Waals surface area contributed by atoms with E-state index in [1.807, 2.05) is 0 Å². The maximum absolute atomic E-state index is 2.61. The smallest absolute Gasteiger partial charge is 0.0731 e. The van der Waals surface area contributed by atoms with Gasteiger partial charge in [-0.1, -0.05) is 211 Å². The average Bonchev–Trinajstić information content (AvgIpc) is 1.51. The molecule has 430 valence electrons. The van der Waals surface area contributed by atoms with E-state index in [1.165, 1.54) is 262 Å². The summed E-state index contributed by atoms with van der Waals surface area (Å²) in [6.07, 6.45) is 26.6. The van der Waals surface area contributed by atoms with Crippen molar-refractivity contribution in [3.63, 3.8) is 0 Å². The second-order valence-electron chi connectivity index (χ2n) is 27.2. The Kier molecular flexibility index (Phi) is 13.5. The molecule has 0 bridgehead atoms. The summed E-state index contributed by atoms with van der Waals surface area (Å²) in [5, 5.41) is 7.70. The van der Waals surface area contributed by atoms with Gasteiger partial charge in [0.15, 0.2) is 0 Å². The molecule has 17 rings (SSSR count). The van der Waals surface area contributed by atoms with Crippen molar-refractivity contribution in [3.8, 4) is 22.3 Å². The van der Waals surface area contributed by atoms with E-state index in [4.69, 9.17) is 0 Å². The summed E-state index contributed by atoms with van der Waals surface area (Å²) >= 11 is 0. The van der Waals surface area contributed by atoms with Gasteiger partial charge in [0.05, 0.1) is 5.41 Å². The maximum Gasteiger partial charge on any atom is 0.0731 e. The molecule has 0 N–H and O–H groups in total. The van der Waals surface area contributed by atoms with Crippen LogP contribution in [0.2, 0.25) is 0 Å². The van der Waals surface area contributed by atoms with Crippen molar-refractivity contribution < 1.29 is 0 Å². The number of nitrogens with zero attached hydrogens (tertiary/aromatic N) is 2. The Morgan fingerprint density at radius 3 is 1.20 bits per heavy atom. The molecule has 1 unspecified atom stereocenters. The zero-order valence-corrected chi connectivity index (χ0v) is 50.6. The first-order valence-electron chi connectivity index (χ1n) is 33.9. The highest BCUT2D eigenvalue weighted by molar-refractivity contribution is 6.11. The van der Waals surface area contributed by atoms with E-state index in [0.717, 1.165) is 0 Å². The van der Waals surface area contributed by atoms with Crippen LogP contribution in [-0.4, -0.2) is 0 Å². The molecule has 87 heavy (non-hydrogen) atoms. The Morgan fingerprint density at radius 1 is 0.253 bits per heavy atom. The predicted molar refractivity (Wildman–Crippen MR) is 368 cm³/mol. The SMILES string of the molecule is c1ccc2c(c1)-c1c(ccc3ccccc13)C21c2cc3cc(N(c4ccc(C5CCCCC5)cc4)c4ccc(C5CCCCC5)cc4)ccc3cc2-c2ccc3cc(N(c4ccc(C5CCCCC5)cc4)c4ccc(C5CCCCC5)cc4)ccc3c21. The molecule has 11 aromatic carbocycles. The van der Waals surface area contributed by atoms with Crippen LogP contribution in [0.1, 0.15) is 197 Å². The Morgan fingerprint density at radius 2 is 0.678 bits per heavy atom. The minimum Gasteiger partial charge on any atom is -0.310 e. The molecule has 2 nitrogen and oxygen atoms in total. The van der Waals surface area contributed by atoms with Gasteiger partial charge >= 0.3 is 0 Å². The molecule has 11 aromatic rings. The van der Waals surface area contributed by atoms with Crippen molar-refractivity contribution in [2.75, 3.05) is 9.80 Å². The van der Waals surface area contributed by atoms with Crippen LogP contribution in [0.25, 0.3) is 54.6 Å². The van der Waals surface area contributed by atoms with E-state index in [2.05, 4.69) is 228 Å². The van der Waals surface area contributed by atoms with E-state index in [-0.39, 0.29) is 0 Å². The van der Waals surface area contributed by atoms with Crippen LogP contribution in [-0.2, 0) is 5.41 Å². The molecule has 0 radical (unpaired) electrons. The first kappa shape index (κ1) is 53.1. The molecule has 6 aliphatic carbocycles. The van der Waals surface area contributed by atoms with Gasteiger partial charge in [-0.05, 0) is 259 Å². The summed E-state index contributed by atoms with van der Waals surface area (Å²) in [4.78, 5) is 5.06. The quantitative estimate of drug-likeness (QED) is 0.135. The Hall–Kier alpha value is -8.20. The first-order chi connectivity index (χ1) is 43.1. The fraction of sp³-hybridized carbons (Fsp3) is 0.294. The fourth-order valence-electron chi connectivity index (χ4n) is 18.0. The summed E-state index contributed by atoms with van der Waals surface area (Å²) < 4.78 is 0. The van der Waals surface area contributed by atoms with Gasteiger partial charge in [0.25, 0.3) is 0 Å². The van der Waals surface area contributed by atoms with Crippen molar-refractivity contribution in [1.29, 1.82) is 0 Å². The first-order valence-corrected chi connectivity index (χ1v) is 33.9. The zero-order chi connectivity index (χ0) is 57.4. The highest BCUT2D eigenvalue weighted by Gasteiger charge is 2.53. The number of hydrogen-bond acceptors (Lipinski definition) is 2. The number of hydrogen-bond donors (Lipinski definition) is 0. The maximum atomic E-state index is 2.61. The van der Waals surface area contributed by atoms with Gasteiger partial charge in [-0.3, -0.25) is 0 Å². The average molecular weight is 1130 g/mol. The second kappa shape index (κ2) is 22.2. The molecule has 0 amide bonds. The molecule has 4 fully saturated rings. The van der Waals surface area contributed by atoms with Crippen LogP contribution in [0.3, 0.4) is 0 Å². The molecule has 4 saturated carbocycles. The molecule has 0 saturated heterocycles. The number of benzene rings is 11. The van der Waals surface area contributed by atoms with Gasteiger partial charge in [-0.25, -0.2) is 0 Å². The van der Waals surface area contributed by atoms with Crippen molar-refractivity contribution in [1.82, 2.24) is 0 Å². The van der Waals surface area contributed by atoms with Crippen molar-refractivity contribution >= 4 is 66.4 Å². The van der Waals surface area contributed by atoms with Gasteiger partial charge in [-0.2, -0.15) is 0 Å². The third-order valence-electron chi connectivity index (χ3n) is 22.4. The Balaban J connectivity index is 0.834. The third-order valence-corrected chi connectivity index (χ3v) is 22.4. The summed E-state index contributed by atoms with van der Waals surface area (Å²) in [6, 6.07) is 87.0. The van der Waals surface area contributed by atoms with Gasteiger partial charge in [0.1, 0.15) is 0 Å². The standard InChI is InChI=1S/C85H80N2/c1-5-17-57(18-6-1)61-29-40-69(41-30-61)86(70-42-31-62(32-43-70)58-19-7-2-8-20-58)73-48-37-66-55-79-77-50-38-67-53-74(87(71-44-33-63(34-45-71)59-21-9-3-10-22-59)72-46-35-64(36-47-72)60-23-11-4-12-24-60)49-51-76(67)84(77)85(82(79)56-68(66)54-73)80-28-16-15-27-78(80)83-75-26-14-13-25-65(75)39-52-81(83)85/h13-16,25-60H,1-12,17-24H2. The van der Waals surface area contributed by atoms with E-state index in [1.54, 1.807) is 0 Å². The number of anilines is 6. The highest BCUT2D eigenvalue weighted by Crippen LogP contribution is 2.66. The van der Waals surface area contributed by atoms with E-state index in [0.29, 0.717) is 23.7 Å². The van der Waals surface area contributed by atoms with Crippen LogP contribution < -0.4 is 9.80 Å². The molecule has 1 spiro atoms. The molecule has 0 heterocycles. The van der Waals surface area contributed by atoms with Crippen LogP contribution in [0.4, 0.5) is 34.1 Å². The van der Waals surface area contributed by atoms with Gasteiger partial charge in [-0.15, -0.1) is 0 Å². The van der Waals surface area contributed by atoms with E-state index < -0.39 is 5.41 Å². The Labute approximate surface area is 515 Å². The number of rotatable bonds is 10. The third kappa shape index (κ3) is 9.09. The lowest BCUT2D eigenvalue weighted by atomic mass is 9.69. The van der Waals surface area contributed by atoms with Crippen LogP contribution in [0, 0.1) is 0 Å². The molecule has 0 aliphatic heterocycles. The fourth-order valence-corrected chi connectivity index (χ4v) is 18.0. The van der Waals surface area contributed by atoms with Gasteiger partial charge < -0.3 is 9.80 Å². The molecule has 2 heteroatoms. The monoisotopic (exact) mass is 1130 g/mol. The van der Waals surface area contributed by atoms with Crippen LogP contribution in [0.15, 0.2) is 218 Å². The molecule has 1 atom stereocenters. The van der Waals surface area contributed by atoms with Crippen LogP contribution in [0.5, 0.6) is 0 Å². The van der Waals surface area contributed by atoms with Crippen LogP contribution >= 0.6 is 0 Å². The topological polar surface area (TPSA) is 6.48 Å². The molecule has 0 aromatic heterocycles. The summed E-state index contributed by atoms with van der Waals surface area (Å²) in [7, 11) is 0. The lowest BCUT2D eigenvalue weighted by molar-refractivity contribution is 0.443. The normalized spacial score (nSPS) is 18.9. The second-order valence-corrected chi connectivity index (χ2v) is 27.2. The lowest BCUT2D eigenvalue weighted by Crippen LogP contribution is -2.26. The highest BCUT2D eigenvalue weighted by atomic mass is 15.1. The molecular formula is C85H80N2. The van der Waals surface area contributed by atoms with Gasteiger partial charge in [0, 0.05) is 34.1 Å². The zero-order valence-electron chi connectivity index (χ0n) is 50.6. The Bertz CT molecular complexity index is 4230. The van der Waals surface area contributed by atoms with E-state index >= 15 is 0 Å². The minimum absolute atomic E-state index is 0.570. The molecular weight excluding hydrogens is 1050 g/mol. The van der Waals surface area contributed by atoms with Crippen molar-refractivity contribution in [3.05, 3.63) is 263 Å². The summed E-state index contributed by atoms with van der Waals surface area (Å²) in [5.74, 6) is 2.65. The van der Waals surface area contributed by atoms with Crippen molar-refractivity contribution in [2.45, 2.75) is 158 Å². The number of fused-ring (bicyclic) bond motifs is 15. The van der Waals surface area contributed by atoms with Crippen molar-refractivity contribution in [2.24, 2.45) is 0 Å². The van der Waals surface area contributed by atoms with E-state index in [9.17, 15) is 0 Å². The summed E-state index contributed by atoms with van der Waals surface area (Å²) in [5.41, 5.74) is 23.5.